The summed E-state index contributed by atoms with van der Waals surface area (Å²) in [7, 11) is 0. The Morgan fingerprint density at radius 1 is 0.926 bits per heavy atom. The van der Waals surface area contributed by atoms with E-state index in [1.54, 1.807) is 0 Å². The Kier molecular flexibility index (Phi) is 7.04. The Morgan fingerprint density at radius 2 is 1.59 bits per heavy atom. The van der Waals surface area contributed by atoms with E-state index in [2.05, 4.69) is 26.6 Å². The highest BCUT2D eigenvalue weighted by Crippen LogP contribution is 2.18. The molecule has 138 valence electrons. The molecule has 5 heteroatoms. The molecule has 0 radical (unpaired) electrons. The van der Waals surface area contributed by atoms with Gasteiger partial charge in [-0.05, 0) is 53.9 Å². The summed E-state index contributed by atoms with van der Waals surface area (Å²) in [4.78, 5) is 12.9. The Balaban J connectivity index is 1.67. The molecular weight excluding hydrogens is 424 g/mol. The monoisotopic (exact) mass is 442 g/mol. The molecule has 3 aromatic rings. The van der Waals surface area contributed by atoms with Crippen LogP contribution in [0.4, 0.5) is 5.69 Å². The standard InChI is InChI=1S/C22H20BrClN2O/c23-18-8-12-20(13-9-18)26-22(27)21(17-4-2-1-3-5-17)25-15-14-16-6-10-19(24)11-7-16/h1-13,21,25H,14-15H2,(H,26,27). The topological polar surface area (TPSA) is 41.1 Å². The minimum atomic E-state index is -0.429. The molecule has 2 N–H and O–H groups in total. The Hall–Kier alpha value is -2.14. The number of carbonyl (C=O) groups is 1. The van der Waals surface area contributed by atoms with Crippen molar-refractivity contribution in [2.75, 3.05) is 11.9 Å². The SMILES string of the molecule is O=C(Nc1ccc(Br)cc1)C(NCCc1ccc(Cl)cc1)c1ccccc1. The molecule has 0 aliphatic heterocycles. The van der Waals surface area contributed by atoms with E-state index in [1.165, 1.54) is 5.56 Å². The van der Waals surface area contributed by atoms with Crippen LogP contribution >= 0.6 is 27.5 Å². The zero-order valence-electron chi connectivity index (χ0n) is 14.7. The summed E-state index contributed by atoms with van der Waals surface area (Å²) in [5, 5.41) is 7.09. The summed E-state index contributed by atoms with van der Waals surface area (Å²) < 4.78 is 0.973. The maximum Gasteiger partial charge on any atom is 0.246 e. The van der Waals surface area contributed by atoms with Gasteiger partial charge in [0.15, 0.2) is 0 Å². The summed E-state index contributed by atoms with van der Waals surface area (Å²) in [6.07, 6.45) is 0.812. The maximum atomic E-state index is 12.9. The van der Waals surface area contributed by atoms with E-state index in [1.807, 2.05) is 78.9 Å². The Bertz CT molecular complexity index is 867. The molecule has 1 unspecified atom stereocenters. The minimum Gasteiger partial charge on any atom is -0.324 e. The van der Waals surface area contributed by atoms with Gasteiger partial charge in [0.25, 0.3) is 0 Å². The molecule has 3 nitrogen and oxygen atoms in total. The highest BCUT2D eigenvalue weighted by molar-refractivity contribution is 9.10. The molecule has 3 rings (SSSR count). The van der Waals surface area contributed by atoms with Crippen LogP contribution in [0.15, 0.2) is 83.3 Å². The van der Waals surface area contributed by atoms with Crippen LogP contribution in [-0.2, 0) is 11.2 Å². The maximum absolute atomic E-state index is 12.9. The first kappa shape index (κ1) is 19.6. The number of carbonyl (C=O) groups excluding carboxylic acids is 1. The molecule has 0 aromatic heterocycles. The first-order chi connectivity index (χ1) is 13.1. The number of halogens is 2. The summed E-state index contributed by atoms with van der Waals surface area (Å²) in [6, 6.07) is 24.6. The average molecular weight is 444 g/mol. The van der Waals surface area contributed by atoms with Crippen LogP contribution in [-0.4, -0.2) is 12.5 Å². The Labute approximate surface area is 172 Å². The molecule has 0 bridgehead atoms. The van der Waals surface area contributed by atoms with Gasteiger partial charge in [-0.25, -0.2) is 0 Å². The van der Waals surface area contributed by atoms with Crippen molar-refractivity contribution < 1.29 is 4.79 Å². The lowest BCUT2D eigenvalue weighted by Gasteiger charge is -2.19. The van der Waals surface area contributed by atoms with Gasteiger partial charge < -0.3 is 10.6 Å². The van der Waals surface area contributed by atoms with E-state index in [-0.39, 0.29) is 5.91 Å². The van der Waals surface area contributed by atoms with Crippen molar-refractivity contribution in [2.45, 2.75) is 12.5 Å². The average Bonchev–Trinajstić information content (AvgIpc) is 2.69. The largest absolute Gasteiger partial charge is 0.324 e. The quantitative estimate of drug-likeness (QED) is 0.498. The Morgan fingerprint density at radius 3 is 2.26 bits per heavy atom. The fourth-order valence-corrected chi connectivity index (χ4v) is 3.16. The van der Waals surface area contributed by atoms with Crippen LogP contribution in [0.2, 0.25) is 5.02 Å². The molecule has 1 amide bonds. The molecular formula is C22H20BrClN2O. The molecule has 3 aromatic carbocycles. The van der Waals surface area contributed by atoms with E-state index in [0.717, 1.165) is 27.2 Å². The fraction of sp³-hybridized carbons (Fsp3) is 0.136. The van der Waals surface area contributed by atoms with E-state index in [9.17, 15) is 4.79 Å². The van der Waals surface area contributed by atoms with Gasteiger partial charge in [0, 0.05) is 21.7 Å². The van der Waals surface area contributed by atoms with Gasteiger partial charge in [0.2, 0.25) is 5.91 Å². The third kappa shape index (κ3) is 5.93. The van der Waals surface area contributed by atoms with Crippen molar-refractivity contribution in [3.05, 3.63) is 99.5 Å². The van der Waals surface area contributed by atoms with E-state index >= 15 is 0 Å². The second kappa shape index (κ2) is 9.70. The van der Waals surface area contributed by atoms with Crippen molar-refractivity contribution >= 4 is 39.1 Å². The normalized spacial score (nSPS) is 11.8. The molecule has 0 saturated carbocycles. The predicted molar refractivity (Wildman–Crippen MR) is 115 cm³/mol. The van der Waals surface area contributed by atoms with Crippen LogP contribution < -0.4 is 10.6 Å². The summed E-state index contributed by atoms with van der Waals surface area (Å²) in [5.41, 5.74) is 2.87. The van der Waals surface area contributed by atoms with Crippen molar-refractivity contribution in [1.82, 2.24) is 5.32 Å². The number of benzene rings is 3. The number of hydrogen-bond donors (Lipinski definition) is 2. The number of nitrogens with one attached hydrogen (secondary N) is 2. The molecule has 0 aliphatic rings. The lowest BCUT2D eigenvalue weighted by atomic mass is 10.1. The first-order valence-electron chi connectivity index (χ1n) is 8.71. The molecule has 1 atom stereocenters. The summed E-state index contributed by atoms with van der Waals surface area (Å²) in [5.74, 6) is -0.0837. The lowest BCUT2D eigenvalue weighted by molar-refractivity contribution is -0.118. The highest BCUT2D eigenvalue weighted by Gasteiger charge is 2.19. The minimum absolute atomic E-state index is 0.0837. The van der Waals surface area contributed by atoms with Crippen molar-refractivity contribution in [3.8, 4) is 0 Å². The van der Waals surface area contributed by atoms with Crippen LogP contribution in [0.1, 0.15) is 17.2 Å². The van der Waals surface area contributed by atoms with Crippen LogP contribution in [0.3, 0.4) is 0 Å². The second-order valence-corrected chi connectivity index (χ2v) is 7.52. The summed E-state index contributed by atoms with van der Waals surface area (Å²) in [6.45, 7) is 0.676. The van der Waals surface area contributed by atoms with Gasteiger partial charge >= 0.3 is 0 Å². The number of amides is 1. The van der Waals surface area contributed by atoms with Crippen molar-refractivity contribution in [1.29, 1.82) is 0 Å². The summed E-state index contributed by atoms with van der Waals surface area (Å²) >= 11 is 9.34. The van der Waals surface area contributed by atoms with Gasteiger partial charge in [-0.3, -0.25) is 4.79 Å². The molecule has 0 spiro atoms. The molecule has 0 saturated heterocycles. The highest BCUT2D eigenvalue weighted by atomic mass is 79.9. The van der Waals surface area contributed by atoms with Gasteiger partial charge in [-0.2, -0.15) is 0 Å². The zero-order valence-corrected chi connectivity index (χ0v) is 17.0. The van der Waals surface area contributed by atoms with Gasteiger partial charge in [0.1, 0.15) is 6.04 Å². The second-order valence-electron chi connectivity index (χ2n) is 6.17. The van der Waals surface area contributed by atoms with Crippen LogP contribution in [0.5, 0.6) is 0 Å². The number of hydrogen-bond acceptors (Lipinski definition) is 2. The number of rotatable bonds is 7. The third-order valence-electron chi connectivity index (χ3n) is 4.18. The van der Waals surface area contributed by atoms with Crippen LogP contribution in [0, 0.1) is 0 Å². The van der Waals surface area contributed by atoms with Gasteiger partial charge in [-0.1, -0.05) is 70.0 Å². The first-order valence-corrected chi connectivity index (χ1v) is 9.88. The van der Waals surface area contributed by atoms with Crippen LogP contribution in [0.25, 0.3) is 0 Å². The van der Waals surface area contributed by atoms with E-state index in [4.69, 9.17) is 11.6 Å². The third-order valence-corrected chi connectivity index (χ3v) is 4.96. The molecule has 0 aliphatic carbocycles. The van der Waals surface area contributed by atoms with Crippen molar-refractivity contribution in [3.63, 3.8) is 0 Å². The van der Waals surface area contributed by atoms with Gasteiger partial charge in [-0.15, -0.1) is 0 Å². The van der Waals surface area contributed by atoms with E-state index in [0.29, 0.717) is 6.54 Å². The zero-order chi connectivity index (χ0) is 19.1. The smallest absolute Gasteiger partial charge is 0.246 e. The lowest BCUT2D eigenvalue weighted by Crippen LogP contribution is -2.34. The number of anilines is 1. The van der Waals surface area contributed by atoms with E-state index < -0.39 is 6.04 Å². The fourth-order valence-electron chi connectivity index (χ4n) is 2.77. The predicted octanol–water partition coefficient (Wildman–Crippen LogP) is 5.61. The van der Waals surface area contributed by atoms with Crippen molar-refractivity contribution in [2.24, 2.45) is 0 Å². The molecule has 0 fully saturated rings. The van der Waals surface area contributed by atoms with Gasteiger partial charge in [0.05, 0.1) is 0 Å². The molecule has 27 heavy (non-hydrogen) atoms. The molecule has 0 heterocycles.